The first kappa shape index (κ1) is 13.6. The third-order valence-electron chi connectivity index (χ3n) is 2.02. The highest BCUT2D eigenvalue weighted by molar-refractivity contribution is 6.21. The second-order valence-corrected chi connectivity index (χ2v) is 3.76. The fourth-order valence-electron chi connectivity index (χ4n) is 1.30. The van der Waals surface area contributed by atoms with Gasteiger partial charge in [-0.05, 0) is 37.1 Å². The summed E-state index contributed by atoms with van der Waals surface area (Å²) >= 11 is 4.78. The molecule has 0 fully saturated rings. The molecule has 1 aromatic rings. The fourth-order valence-corrected chi connectivity index (χ4v) is 1.40. The summed E-state index contributed by atoms with van der Waals surface area (Å²) in [6.45, 7) is 3.02. The maximum Gasteiger partial charge on any atom is 0.362 e. The van der Waals surface area contributed by atoms with Gasteiger partial charge in [-0.25, -0.2) is 4.79 Å². The highest BCUT2D eigenvalue weighted by Gasteiger charge is 2.31. The average molecular weight is 266 g/mol. The lowest BCUT2D eigenvalue weighted by Crippen LogP contribution is -2.25. The minimum absolute atomic E-state index is 0.0857. The van der Waals surface area contributed by atoms with Crippen LogP contribution in [0.15, 0.2) is 10.9 Å². The number of hydrogen-bond acceptors (Lipinski definition) is 3. The summed E-state index contributed by atoms with van der Waals surface area (Å²) in [4.78, 5) is 24.7. The number of esters is 1. The van der Waals surface area contributed by atoms with Gasteiger partial charge in [0.15, 0.2) is 0 Å². The predicted octanol–water partition coefficient (Wildman–Crippen LogP) is 2.15. The van der Waals surface area contributed by atoms with E-state index in [9.17, 15) is 18.4 Å². The summed E-state index contributed by atoms with van der Waals surface area (Å²) in [6, 6.07) is 0.945. The van der Waals surface area contributed by atoms with Crippen LogP contribution in [-0.4, -0.2) is 17.6 Å². The van der Waals surface area contributed by atoms with E-state index in [0.29, 0.717) is 0 Å². The molecule has 0 aromatic carbocycles. The molecule has 17 heavy (non-hydrogen) atoms. The van der Waals surface area contributed by atoms with Gasteiger partial charge in [0.25, 0.3) is 5.56 Å². The molecule has 0 amide bonds. The molecule has 0 saturated heterocycles. The maximum atomic E-state index is 12.8. The van der Waals surface area contributed by atoms with Crippen LogP contribution in [0, 0.1) is 6.92 Å². The monoisotopic (exact) mass is 265 g/mol. The van der Waals surface area contributed by atoms with E-state index in [2.05, 4.69) is 4.74 Å². The number of alkyl halides is 3. The second-order valence-electron chi connectivity index (χ2n) is 3.29. The van der Waals surface area contributed by atoms with E-state index in [0.717, 1.165) is 6.07 Å². The number of hydrogen-bond donors (Lipinski definition) is 1. The van der Waals surface area contributed by atoms with Crippen molar-refractivity contribution in [2.75, 3.05) is 6.61 Å². The number of aromatic amines is 1. The number of halogens is 3. The summed E-state index contributed by atoms with van der Waals surface area (Å²) in [6.07, 6.45) is 0. The molecular weight excluding hydrogens is 256 g/mol. The van der Waals surface area contributed by atoms with E-state index in [4.69, 9.17) is 11.6 Å². The van der Waals surface area contributed by atoms with Gasteiger partial charge >= 0.3 is 11.4 Å². The average Bonchev–Trinajstić information content (AvgIpc) is 2.15. The molecule has 94 valence electrons. The fraction of sp³-hybridized carbons (Fsp3) is 0.400. The standard InChI is InChI=1S/C10H10ClF2NO3/c1-3-17-9(16)7-5(2)4-6(10(11,12)13)14-8(7)15/h4H,3H2,1-2H3,(H,14,15). The third kappa shape index (κ3) is 3.03. The second kappa shape index (κ2) is 4.83. The van der Waals surface area contributed by atoms with Crippen molar-refractivity contribution in [2.24, 2.45) is 0 Å². The van der Waals surface area contributed by atoms with Crippen molar-refractivity contribution in [1.29, 1.82) is 0 Å². The summed E-state index contributed by atoms with van der Waals surface area (Å²) in [5, 5.41) is -3.68. The Balaban J connectivity index is 3.30. The number of aryl methyl sites for hydroxylation is 1. The van der Waals surface area contributed by atoms with Crippen LogP contribution < -0.4 is 5.56 Å². The van der Waals surface area contributed by atoms with Gasteiger partial charge in [0.1, 0.15) is 11.3 Å². The van der Waals surface area contributed by atoms with E-state index in [1.165, 1.54) is 6.92 Å². The third-order valence-corrected chi connectivity index (χ3v) is 2.22. The molecule has 4 nitrogen and oxygen atoms in total. The zero-order valence-corrected chi connectivity index (χ0v) is 9.90. The highest BCUT2D eigenvalue weighted by Crippen LogP contribution is 2.30. The lowest BCUT2D eigenvalue weighted by atomic mass is 10.1. The Kier molecular flexibility index (Phi) is 3.87. The number of nitrogens with one attached hydrogen (secondary N) is 1. The first-order valence-corrected chi connectivity index (χ1v) is 5.13. The Hall–Kier alpha value is -1.43. The van der Waals surface area contributed by atoms with Crippen LogP contribution >= 0.6 is 11.6 Å². The van der Waals surface area contributed by atoms with E-state index >= 15 is 0 Å². The summed E-state index contributed by atoms with van der Waals surface area (Å²) in [5.74, 6) is -0.851. The van der Waals surface area contributed by atoms with Gasteiger partial charge in [-0.2, -0.15) is 8.78 Å². The zero-order valence-electron chi connectivity index (χ0n) is 9.14. The minimum atomic E-state index is -3.68. The van der Waals surface area contributed by atoms with Crippen molar-refractivity contribution >= 4 is 17.6 Å². The Bertz CT molecular complexity index is 493. The van der Waals surface area contributed by atoms with Crippen LogP contribution in [0.25, 0.3) is 0 Å². The lowest BCUT2D eigenvalue weighted by molar-refractivity contribution is 0.0521. The number of carbonyl (C=O) groups excluding carboxylic acids is 1. The van der Waals surface area contributed by atoms with Gasteiger partial charge in [0, 0.05) is 0 Å². The molecule has 1 N–H and O–H groups in total. The molecule has 0 atom stereocenters. The first-order valence-electron chi connectivity index (χ1n) is 4.75. The van der Waals surface area contributed by atoms with Gasteiger partial charge in [0.05, 0.1) is 6.61 Å². The predicted molar refractivity (Wildman–Crippen MR) is 57.5 cm³/mol. The molecule has 0 spiro atoms. The molecule has 0 aliphatic heterocycles. The molecule has 0 aliphatic rings. The Labute approximate surface area is 101 Å². The summed E-state index contributed by atoms with van der Waals surface area (Å²) < 4.78 is 30.2. The van der Waals surface area contributed by atoms with Crippen molar-refractivity contribution in [3.63, 3.8) is 0 Å². The number of aromatic nitrogens is 1. The molecule has 1 rings (SSSR count). The van der Waals surface area contributed by atoms with Crippen LogP contribution in [0.1, 0.15) is 28.5 Å². The highest BCUT2D eigenvalue weighted by atomic mass is 35.5. The van der Waals surface area contributed by atoms with Gasteiger partial charge in [0.2, 0.25) is 0 Å². The number of carbonyl (C=O) groups is 1. The van der Waals surface area contributed by atoms with Crippen LogP contribution in [0.2, 0.25) is 0 Å². The smallest absolute Gasteiger partial charge is 0.362 e. The van der Waals surface area contributed by atoms with Crippen LogP contribution in [0.5, 0.6) is 0 Å². The van der Waals surface area contributed by atoms with Crippen molar-refractivity contribution in [1.82, 2.24) is 4.98 Å². The Morgan fingerprint density at radius 2 is 2.18 bits per heavy atom. The van der Waals surface area contributed by atoms with Gasteiger partial charge in [-0.15, -0.1) is 0 Å². The zero-order chi connectivity index (χ0) is 13.2. The number of H-pyrrole nitrogens is 1. The molecule has 1 heterocycles. The minimum Gasteiger partial charge on any atom is -0.462 e. The van der Waals surface area contributed by atoms with Crippen molar-refractivity contribution in [3.8, 4) is 0 Å². The Morgan fingerprint density at radius 3 is 2.59 bits per heavy atom. The normalized spacial score (nSPS) is 11.4. The SMILES string of the molecule is CCOC(=O)c1c(C)cc(C(F)(F)Cl)[nH]c1=O. The van der Waals surface area contributed by atoms with Crippen molar-refractivity contribution < 1.29 is 18.3 Å². The topological polar surface area (TPSA) is 59.2 Å². The van der Waals surface area contributed by atoms with E-state index in [-0.39, 0.29) is 17.7 Å². The van der Waals surface area contributed by atoms with Gasteiger partial charge < -0.3 is 9.72 Å². The van der Waals surface area contributed by atoms with Crippen molar-refractivity contribution in [3.05, 3.63) is 33.2 Å². The molecule has 0 unspecified atom stereocenters. The first-order chi connectivity index (χ1) is 7.77. The number of pyridine rings is 1. The summed E-state index contributed by atoms with van der Waals surface area (Å²) in [5.41, 5.74) is -1.91. The largest absolute Gasteiger partial charge is 0.462 e. The van der Waals surface area contributed by atoms with E-state index < -0.39 is 22.6 Å². The summed E-state index contributed by atoms with van der Waals surface area (Å²) in [7, 11) is 0. The van der Waals surface area contributed by atoms with E-state index in [1.807, 2.05) is 4.98 Å². The molecule has 0 saturated carbocycles. The van der Waals surface area contributed by atoms with E-state index in [1.54, 1.807) is 6.92 Å². The number of rotatable bonds is 3. The molecule has 0 aliphatic carbocycles. The van der Waals surface area contributed by atoms with Crippen LogP contribution in [-0.2, 0) is 10.1 Å². The Morgan fingerprint density at radius 1 is 1.59 bits per heavy atom. The quantitative estimate of drug-likeness (QED) is 0.673. The lowest BCUT2D eigenvalue weighted by Gasteiger charge is -2.10. The van der Waals surface area contributed by atoms with Gasteiger partial charge in [-0.1, -0.05) is 0 Å². The molecule has 0 bridgehead atoms. The molecule has 7 heteroatoms. The molecule has 0 radical (unpaired) electrons. The molecular formula is C10H10ClF2NO3. The maximum absolute atomic E-state index is 12.8. The van der Waals surface area contributed by atoms with Crippen LogP contribution in [0.4, 0.5) is 8.78 Å². The number of ether oxygens (including phenoxy) is 1. The van der Waals surface area contributed by atoms with Crippen LogP contribution in [0.3, 0.4) is 0 Å². The van der Waals surface area contributed by atoms with Crippen molar-refractivity contribution in [2.45, 2.75) is 19.2 Å². The molecule has 1 aromatic heterocycles. The van der Waals surface area contributed by atoms with Gasteiger partial charge in [-0.3, -0.25) is 4.79 Å².